The fraction of sp³-hybridized carbons (Fsp3) is 0.500. The first kappa shape index (κ1) is 12.1. The lowest BCUT2D eigenvalue weighted by Crippen LogP contribution is -2.35. The number of carbonyl (C=O) groups is 1. The van der Waals surface area contributed by atoms with Gasteiger partial charge in [0.05, 0.1) is 13.5 Å². The van der Waals surface area contributed by atoms with Gasteiger partial charge in [0, 0.05) is 12.1 Å². The number of nitrogens with one attached hydrogen (secondary N) is 1. The highest BCUT2D eigenvalue weighted by Gasteiger charge is 2.26. The highest BCUT2D eigenvalue weighted by Crippen LogP contribution is 2.21. The van der Waals surface area contributed by atoms with E-state index in [4.69, 9.17) is 4.74 Å². The lowest BCUT2D eigenvalue weighted by molar-refractivity contribution is -0.141. The molecule has 0 amide bonds. The van der Waals surface area contributed by atoms with E-state index >= 15 is 0 Å². The number of benzene rings is 1. The predicted octanol–water partition coefficient (Wildman–Crippen LogP) is 1.91. The maximum absolute atomic E-state index is 11.4. The van der Waals surface area contributed by atoms with Gasteiger partial charge < -0.3 is 10.1 Å². The van der Waals surface area contributed by atoms with Crippen molar-refractivity contribution in [2.75, 3.05) is 7.11 Å². The molecule has 1 fully saturated rings. The maximum atomic E-state index is 11.4. The monoisotopic (exact) mass is 233 g/mol. The van der Waals surface area contributed by atoms with Gasteiger partial charge in [-0.1, -0.05) is 30.3 Å². The summed E-state index contributed by atoms with van der Waals surface area (Å²) >= 11 is 0. The number of esters is 1. The third-order valence-corrected chi connectivity index (χ3v) is 3.01. The predicted molar refractivity (Wildman–Crippen MR) is 66.7 cm³/mol. The third kappa shape index (κ3) is 4.19. The zero-order chi connectivity index (χ0) is 12.1. The van der Waals surface area contributed by atoms with E-state index in [1.54, 1.807) is 0 Å². The van der Waals surface area contributed by atoms with Crippen molar-refractivity contribution >= 4 is 5.97 Å². The molecule has 2 rings (SSSR count). The van der Waals surface area contributed by atoms with Crippen LogP contribution in [0.3, 0.4) is 0 Å². The van der Waals surface area contributed by atoms with E-state index in [0.29, 0.717) is 12.5 Å². The number of ether oxygens (including phenoxy) is 1. The SMILES string of the molecule is COC(=O)CC(Cc1ccccc1)NC1CC1. The molecule has 92 valence electrons. The minimum atomic E-state index is -0.140. The number of carbonyl (C=O) groups excluding carboxylic acids is 1. The average molecular weight is 233 g/mol. The van der Waals surface area contributed by atoms with Gasteiger partial charge >= 0.3 is 5.97 Å². The van der Waals surface area contributed by atoms with E-state index in [-0.39, 0.29) is 12.0 Å². The fourth-order valence-electron chi connectivity index (χ4n) is 1.96. The molecule has 0 aliphatic heterocycles. The Morgan fingerprint density at radius 3 is 2.71 bits per heavy atom. The van der Waals surface area contributed by atoms with Gasteiger partial charge in [-0.15, -0.1) is 0 Å². The number of hydrogen-bond acceptors (Lipinski definition) is 3. The number of rotatable bonds is 6. The zero-order valence-corrected chi connectivity index (χ0v) is 10.2. The van der Waals surface area contributed by atoms with E-state index in [2.05, 4.69) is 17.4 Å². The summed E-state index contributed by atoms with van der Waals surface area (Å²) in [5.74, 6) is -0.140. The molecule has 0 heterocycles. The lowest BCUT2D eigenvalue weighted by atomic mass is 10.0. The topological polar surface area (TPSA) is 38.3 Å². The van der Waals surface area contributed by atoms with E-state index < -0.39 is 0 Å². The molecular weight excluding hydrogens is 214 g/mol. The van der Waals surface area contributed by atoms with Crippen LogP contribution in [0.15, 0.2) is 30.3 Å². The highest BCUT2D eigenvalue weighted by molar-refractivity contribution is 5.70. The van der Waals surface area contributed by atoms with Crippen LogP contribution >= 0.6 is 0 Å². The van der Waals surface area contributed by atoms with E-state index in [9.17, 15) is 4.79 Å². The van der Waals surface area contributed by atoms with Crippen LogP contribution in [-0.4, -0.2) is 25.2 Å². The molecule has 1 aliphatic rings. The van der Waals surface area contributed by atoms with Gasteiger partial charge in [0.1, 0.15) is 0 Å². The van der Waals surface area contributed by atoms with Crippen molar-refractivity contribution in [3.05, 3.63) is 35.9 Å². The van der Waals surface area contributed by atoms with Crippen LogP contribution in [-0.2, 0) is 16.0 Å². The summed E-state index contributed by atoms with van der Waals surface area (Å²) in [6.45, 7) is 0. The maximum Gasteiger partial charge on any atom is 0.307 e. The van der Waals surface area contributed by atoms with E-state index in [1.165, 1.54) is 25.5 Å². The smallest absolute Gasteiger partial charge is 0.307 e. The molecule has 1 aromatic carbocycles. The molecule has 0 bridgehead atoms. The van der Waals surface area contributed by atoms with Crippen molar-refractivity contribution in [3.8, 4) is 0 Å². The Morgan fingerprint density at radius 2 is 2.12 bits per heavy atom. The van der Waals surface area contributed by atoms with Crippen LogP contribution in [0.1, 0.15) is 24.8 Å². The van der Waals surface area contributed by atoms with Crippen LogP contribution < -0.4 is 5.32 Å². The van der Waals surface area contributed by atoms with E-state index in [0.717, 1.165) is 6.42 Å². The van der Waals surface area contributed by atoms with Crippen molar-refractivity contribution in [2.45, 2.75) is 37.8 Å². The minimum absolute atomic E-state index is 0.140. The Bertz CT molecular complexity index is 360. The molecule has 0 aromatic heterocycles. The standard InChI is InChI=1S/C14H19NO2/c1-17-14(16)10-13(15-12-7-8-12)9-11-5-3-2-4-6-11/h2-6,12-13,15H,7-10H2,1H3. The third-order valence-electron chi connectivity index (χ3n) is 3.01. The first-order valence-electron chi connectivity index (χ1n) is 6.14. The summed E-state index contributed by atoms with van der Waals surface area (Å²) in [6.07, 6.45) is 3.78. The van der Waals surface area contributed by atoms with Gasteiger partial charge in [-0.3, -0.25) is 4.79 Å². The van der Waals surface area contributed by atoms with Crippen molar-refractivity contribution in [2.24, 2.45) is 0 Å². The largest absolute Gasteiger partial charge is 0.469 e. The molecule has 1 saturated carbocycles. The molecular formula is C14H19NO2. The van der Waals surface area contributed by atoms with Crippen LogP contribution in [0.5, 0.6) is 0 Å². The van der Waals surface area contributed by atoms with Crippen LogP contribution in [0.25, 0.3) is 0 Å². The normalized spacial score (nSPS) is 16.5. The Morgan fingerprint density at radius 1 is 1.41 bits per heavy atom. The van der Waals surface area contributed by atoms with Gasteiger partial charge in [-0.2, -0.15) is 0 Å². The summed E-state index contributed by atoms with van der Waals surface area (Å²) in [7, 11) is 1.44. The van der Waals surface area contributed by atoms with Crippen molar-refractivity contribution in [1.29, 1.82) is 0 Å². The van der Waals surface area contributed by atoms with Gasteiger partial charge in [0.25, 0.3) is 0 Å². The average Bonchev–Trinajstić information content (AvgIpc) is 3.14. The second-order valence-electron chi connectivity index (χ2n) is 4.61. The molecule has 1 aromatic rings. The molecule has 1 N–H and O–H groups in total. The van der Waals surface area contributed by atoms with Crippen molar-refractivity contribution < 1.29 is 9.53 Å². The summed E-state index contributed by atoms with van der Waals surface area (Å²) in [5.41, 5.74) is 1.26. The molecule has 0 saturated heterocycles. The molecule has 3 heteroatoms. The number of hydrogen-bond donors (Lipinski definition) is 1. The van der Waals surface area contributed by atoms with Crippen LogP contribution in [0, 0.1) is 0 Å². The van der Waals surface area contributed by atoms with Crippen molar-refractivity contribution in [1.82, 2.24) is 5.32 Å². The van der Waals surface area contributed by atoms with Gasteiger partial charge in [-0.05, 0) is 24.8 Å². The Kier molecular flexibility index (Phi) is 4.15. The molecule has 0 radical (unpaired) electrons. The number of methoxy groups -OCH3 is 1. The summed E-state index contributed by atoms with van der Waals surface area (Å²) in [6, 6.07) is 11.1. The highest BCUT2D eigenvalue weighted by atomic mass is 16.5. The molecule has 1 unspecified atom stereocenters. The summed E-state index contributed by atoms with van der Waals surface area (Å²) in [4.78, 5) is 11.4. The molecule has 17 heavy (non-hydrogen) atoms. The minimum Gasteiger partial charge on any atom is -0.469 e. The molecule has 0 spiro atoms. The van der Waals surface area contributed by atoms with Crippen LogP contribution in [0.4, 0.5) is 0 Å². The molecule has 1 aliphatic carbocycles. The fourth-order valence-corrected chi connectivity index (χ4v) is 1.96. The Hall–Kier alpha value is -1.35. The lowest BCUT2D eigenvalue weighted by Gasteiger charge is -2.17. The first-order chi connectivity index (χ1) is 8.28. The van der Waals surface area contributed by atoms with Gasteiger partial charge in [-0.25, -0.2) is 0 Å². The van der Waals surface area contributed by atoms with Gasteiger partial charge in [0.15, 0.2) is 0 Å². The summed E-state index contributed by atoms with van der Waals surface area (Å²) < 4.78 is 4.74. The van der Waals surface area contributed by atoms with Crippen molar-refractivity contribution in [3.63, 3.8) is 0 Å². The molecule has 1 atom stereocenters. The first-order valence-corrected chi connectivity index (χ1v) is 6.14. The van der Waals surface area contributed by atoms with E-state index in [1.807, 2.05) is 18.2 Å². The molecule has 3 nitrogen and oxygen atoms in total. The van der Waals surface area contributed by atoms with Gasteiger partial charge in [0.2, 0.25) is 0 Å². The zero-order valence-electron chi connectivity index (χ0n) is 10.2. The second kappa shape index (κ2) is 5.82. The second-order valence-corrected chi connectivity index (χ2v) is 4.61. The quantitative estimate of drug-likeness (QED) is 0.763. The Labute approximate surface area is 102 Å². The Balaban J connectivity index is 1.92. The summed E-state index contributed by atoms with van der Waals surface area (Å²) in [5, 5.41) is 3.50. The van der Waals surface area contributed by atoms with Crippen LogP contribution in [0.2, 0.25) is 0 Å².